The first-order chi connectivity index (χ1) is 14.9. The maximum atomic E-state index is 14.7. The van der Waals surface area contributed by atoms with Gasteiger partial charge < -0.3 is 5.32 Å². The first-order valence-electron chi connectivity index (χ1n) is 11.4. The summed E-state index contributed by atoms with van der Waals surface area (Å²) in [5, 5.41) is 3.75. The topological polar surface area (TPSA) is 12.0 Å². The Morgan fingerprint density at radius 3 is 2.32 bits per heavy atom. The van der Waals surface area contributed by atoms with Crippen LogP contribution in [0.2, 0.25) is 0 Å². The van der Waals surface area contributed by atoms with Gasteiger partial charge in [0.2, 0.25) is 0 Å². The molecule has 1 N–H and O–H groups in total. The second kappa shape index (κ2) is 9.72. The van der Waals surface area contributed by atoms with Crippen LogP contribution in [-0.2, 0) is 6.18 Å². The number of rotatable bonds is 6. The van der Waals surface area contributed by atoms with Gasteiger partial charge in [-0.25, -0.2) is 4.39 Å². The van der Waals surface area contributed by atoms with Gasteiger partial charge in [0, 0.05) is 17.6 Å². The Morgan fingerprint density at radius 1 is 0.935 bits per heavy atom. The van der Waals surface area contributed by atoms with Crippen LogP contribution in [0.3, 0.4) is 0 Å². The average Bonchev–Trinajstić information content (AvgIpc) is 3.27. The molecule has 0 amide bonds. The van der Waals surface area contributed by atoms with Crippen molar-refractivity contribution < 1.29 is 17.6 Å². The molecule has 1 radical (unpaired) electrons. The third-order valence-corrected chi connectivity index (χ3v) is 6.99. The molecule has 31 heavy (non-hydrogen) atoms. The van der Waals surface area contributed by atoms with E-state index in [1.807, 2.05) is 12.1 Å². The minimum absolute atomic E-state index is 0.0793. The lowest BCUT2D eigenvalue weighted by Gasteiger charge is -2.36. The van der Waals surface area contributed by atoms with E-state index >= 15 is 0 Å². The van der Waals surface area contributed by atoms with Crippen LogP contribution in [0.25, 0.3) is 0 Å². The van der Waals surface area contributed by atoms with Gasteiger partial charge in [0.15, 0.2) is 0 Å². The van der Waals surface area contributed by atoms with Crippen LogP contribution < -0.4 is 5.32 Å². The van der Waals surface area contributed by atoms with Crippen LogP contribution >= 0.6 is 0 Å². The van der Waals surface area contributed by atoms with Crippen LogP contribution in [0.1, 0.15) is 80.0 Å². The molecule has 4 rings (SSSR count). The summed E-state index contributed by atoms with van der Waals surface area (Å²) >= 11 is 0. The fourth-order valence-corrected chi connectivity index (χ4v) is 5.33. The summed E-state index contributed by atoms with van der Waals surface area (Å²) in [7, 11) is 0. The molecule has 1 nitrogen and oxygen atoms in total. The van der Waals surface area contributed by atoms with Crippen molar-refractivity contribution in [3.8, 4) is 0 Å². The first kappa shape index (κ1) is 22.3. The molecule has 2 saturated carbocycles. The van der Waals surface area contributed by atoms with E-state index < -0.39 is 11.7 Å². The van der Waals surface area contributed by atoms with Crippen molar-refractivity contribution in [2.75, 3.05) is 0 Å². The third kappa shape index (κ3) is 5.49. The predicted octanol–water partition coefficient (Wildman–Crippen LogP) is 7.60. The molecule has 2 aliphatic rings. The summed E-state index contributed by atoms with van der Waals surface area (Å²) < 4.78 is 53.6. The highest BCUT2D eigenvalue weighted by molar-refractivity contribution is 5.30. The summed E-state index contributed by atoms with van der Waals surface area (Å²) in [4.78, 5) is 0. The Kier molecular flexibility index (Phi) is 7.00. The smallest absolute Gasteiger partial charge is 0.306 e. The van der Waals surface area contributed by atoms with Gasteiger partial charge in [0.25, 0.3) is 0 Å². The SMILES string of the molecule is Fc1ccccc1C(CC1CCCC1)N[C@@H]1CC[CH]C[C@H]1c1ccc(C(F)(F)F)cc1. The molecule has 3 atom stereocenters. The van der Waals surface area contributed by atoms with Gasteiger partial charge in [0.1, 0.15) is 5.82 Å². The molecule has 167 valence electrons. The maximum Gasteiger partial charge on any atom is 0.416 e. The molecule has 0 spiro atoms. The fraction of sp³-hybridized carbons (Fsp3) is 0.500. The zero-order valence-electron chi connectivity index (χ0n) is 17.7. The summed E-state index contributed by atoms with van der Waals surface area (Å²) in [5.41, 5.74) is 0.996. The molecule has 0 saturated heterocycles. The lowest BCUT2D eigenvalue weighted by molar-refractivity contribution is -0.137. The van der Waals surface area contributed by atoms with E-state index in [9.17, 15) is 17.6 Å². The van der Waals surface area contributed by atoms with Crippen molar-refractivity contribution in [1.29, 1.82) is 0 Å². The molecule has 0 heterocycles. The van der Waals surface area contributed by atoms with E-state index in [0.29, 0.717) is 11.5 Å². The molecule has 2 aliphatic carbocycles. The lowest BCUT2D eigenvalue weighted by atomic mass is 9.78. The van der Waals surface area contributed by atoms with E-state index in [1.54, 1.807) is 18.2 Å². The lowest BCUT2D eigenvalue weighted by Crippen LogP contribution is -2.40. The highest BCUT2D eigenvalue weighted by atomic mass is 19.4. The van der Waals surface area contributed by atoms with E-state index in [4.69, 9.17) is 0 Å². The zero-order valence-corrected chi connectivity index (χ0v) is 17.7. The van der Waals surface area contributed by atoms with Crippen molar-refractivity contribution in [3.63, 3.8) is 0 Å². The number of hydrogen-bond donors (Lipinski definition) is 1. The molecule has 5 heteroatoms. The normalized spacial score (nSPS) is 23.7. The van der Waals surface area contributed by atoms with Gasteiger partial charge in [-0.2, -0.15) is 13.2 Å². The second-order valence-electron chi connectivity index (χ2n) is 9.06. The molecular weight excluding hydrogens is 402 g/mol. The molecule has 2 aromatic rings. The zero-order chi connectivity index (χ0) is 21.8. The third-order valence-electron chi connectivity index (χ3n) is 6.99. The van der Waals surface area contributed by atoms with Gasteiger partial charge in [-0.3, -0.25) is 0 Å². The molecular formula is C26H30F4N. The summed E-state index contributed by atoms with van der Waals surface area (Å²) in [6.45, 7) is 0. The second-order valence-corrected chi connectivity index (χ2v) is 9.06. The monoisotopic (exact) mass is 432 g/mol. The van der Waals surface area contributed by atoms with Gasteiger partial charge >= 0.3 is 6.18 Å². The Labute approximate surface area is 182 Å². The van der Waals surface area contributed by atoms with Gasteiger partial charge in [-0.15, -0.1) is 0 Å². The van der Waals surface area contributed by atoms with E-state index in [-0.39, 0.29) is 23.8 Å². The summed E-state index contributed by atoms with van der Waals surface area (Å²) in [6.07, 6.45) is 6.33. The van der Waals surface area contributed by atoms with Crippen LogP contribution in [0.15, 0.2) is 48.5 Å². The Hall–Kier alpha value is -1.88. The van der Waals surface area contributed by atoms with Crippen molar-refractivity contribution in [2.24, 2.45) is 5.92 Å². The Bertz CT molecular complexity index is 839. The highest BCUT2D eigenvalue weighted by Gasteiger charge is 2.33. The number of benzene rings is 2. The molecule has 0 bridgehead atoms. The fourth-order valence-electron chi connectivity index (χ4n) is 5.33. The minimum Gasteiger partial charge on any atom is -0.306 e. The standard InChI is InChI=1S/C26H30F4N/c27-23-11-5-3-10-22(23)25(17-18-7-1-2-8-18)31-24-12-6-4-9-21(24)19-13-15-20(16-14-19)26(28,29)30/h3-5,10-11,13-16,18,21,24-25,31H,1-2,6-9,12,17H2/t21-,24+,25?/m0/s1. The van der Waals surface area contributed by atoms with Crippen molar-refractivity contribution >= 4 is 0 Å². The quantitative estimate of drug-likeness (QED) is 0.464. The number of alkyl halides is 3. The molecule has 2 aromatic carbocycles. The first-order valence-corrected chi connectivity index (χ1v) is 11.4. The largest absolute Gasteiger partial charge is 0.416 e. The van der Waals surface area contributed by atoms with Gasteiger partial charge in [-0.1, -0.05) is 56.0 Å². The average molecular weight is 433 g/mol. The number of nitrogens with one attached hydrogen (secondary N) is 1. The van der Waals surface area contributed by atoms with E-state index in [1.165, 1.54) is 43.9 Å². The van der Waals surface area contributed by atoms with Crippen LogP contribution in [0.4, 0.5) is 17.6 Å². The van der Waals surface area contributed by atoms with Crippen molar-refractivity contribution in [1.82, 2.24) is 5.32 Å². The van der Waals surface area contributed by atoms with Gasteiger partial charge in [0.05, 0.1) is 5.56 Å². The molecule has 0 aromatic heterocycles. The molecule has 1 unspecified atom stereocenters. The summed E-state index contributed by atoms with van der Waals surface area (Å²) in [5.74, 6) is 0.497. The van der Waals surface area contributed by atoms with Gasteiger partial charge in [-0.05, 0) is 67.7 Å². The van der Waals surface area contributed by atoms with E-state index in [2.05, 4.69) is 11.7 Å². The van der Waals surface area contributed by atoms with Crippen molar-refractivity contribution in [3.05, 3.63) is 77.5 Å². The van der Waals surface area contributed by atoms with Crippen LogP contribution in [-0.4, -0.2) is 6.04 Å². The Balaban J connectivity index is 1.56. The molecule has 2 fully saturated rings. The number of halogens is 4. The van der Waals surface area contributed by atoms with Crippen LogP contribution in [0.5, 0.6) is 0 Å². The minimum atomic E-state index is -4.33. The maximum absolute atomic E-state index is 14.7. The van der Waals surface area contributed by atoms with Crippen LogP contribution in [0, 0.1) is 18.2 Å². The van der Waals surface area contributed by atoms with E-state index in [0.717, 1.165) is 31.2 Å². The predicted molar refractivity (Wildman–Crippen MR) is 115 cm³/mol. The molecule has 0 aliphatic heterocycles. The number of hydrogen-bond acceptors (Lipinski definition) is 1. The summed E-state index contributed by atoms with van der Waals surface area (Å²) in [6, 6.07) is 12.6. The Morgan fingerprint density at radius 2 is 1.65 bits per heavy atom. The van der Waals surface area contributed by atoms with Crippen molar-refractivity contribution in [2.45, 2.75) is 75.5 Å². The highest BCUT2D eigenvalue weighted by Crippen LogP contribution is 2.39.